The highest BCUT2D eigenvalue weighted by Gasteiger charge is 2.19. The summed E-state index contributed by atoms with van der Waals surface area (Å²) in [7, 11) is 1.66. The van der Waals surface area contributed by atoms with Crippen molar-refractivity contribution in [3.8, 4) is 0 Å². The molecule has 2 N–H and O–H groups in total. The van der Waals surface area contributed by atoms with E-state index in [1.54, 1.807) is 19.2 Å². The molecule has 0 saturated carbocycles. The predicted molar refractivity (Wildman–Crippen MR) is 94.8 cm³/mol. The van der Waals surface area contributed by atoms with E-state index >= 15 is 0 Å². The van der Waals surface area contributed by atoms with Gasteiger partial charge in [-0.05, 0) is 51.8 Å². The smallest absolute Gasteiger partial charge is 0.410 e. The molecule has 1 aromatic rings. The third-order valence-electron chi connectivity index (χ3n) is 3.38. The summed E-state index contributed by atoms with van der Waals surface area (Å²) >= 11 is 0. The van der Waals surface area contributed by atoms with E-state index in [4.69, 9.17) is 4.74 Å². The van der Waals surface area contributed by atoms with Gasteiger partial charge in [0, 0.05) is 20.1 Å². The molecule has 1 unspecified atom stereocenters. The van der Waals surface area contributed by atoms with Gasteiger partial charge in [-0.15, -0.1) is 0 Å². The van der Waals surface area contributed by atoms with Crippen LogP contribution in [-0.4, -0.2) is 42.8 Å². The summed E-state index contributed by atoms with van der Waals surface area (Å²) in [4.78, 5) is 25.1. The number of ether oxygens (including phenoxy) is 1. The van der Waals surface area contributed by atoms with Gasteiger partial charge in [0.15, 0.2) is 0 Å². The highest BCUT2D eigenvalue weighted by molar-refractivity contribution is 5.74. The molecule has 0 heterocycles. The van der Waals surface area contributed by atoms with Crippen LogP contribution in [-0.2, 0) is 4.74 Å². The second kappa shape index (κ2) is 9.25. The number of nitrogens with zero attached hydrogens (tertiary/aromatic N) is 1. The van der Waals surface area contributed by atoms with Gasteiger partial charge in [-0.25, -0.2) is 14.0 Å². The van der Waals surface area contributed by atoms with Gasteiger partial charge in [0.05, 0.1) is 6.04 Å². The fourth-order valence-electron chi connectivity index (χ4n) is 2.03. The molecule has 6 nitrogen and oxygen atoms in total. The van der Waals surface area contributed by atoms with Crippen molar-refractivity contribution in [3.05, 3.63) is 35.6 Å². The van der Waals surface area contributed by atoms with Gasteiger partial charge in [0.1, 0.15) is 11.4 Å². The fourth-order valence-corrected chi connectivity index (χ4v) is 2.03. The first-order chi connectivity index (χ1) is 11.6. The van der Waals surface area contributed by atoms with Gasteiger partial charge in [0.25, 0.3) is 0 Å². The maximum absolute atomic E-state index is 12.9. The molecule has 1 aromatic carbocycles. The quantitative estimate of drug-likeness (QED) is 0.770. The Morgan fingerprint density at radius 3 is 2.40 bits per heavy atom. The summed E-state index contributed by atoms with van der Waals surface area (Å²) in [5, 5.41) is 5.51. The first kappa shape index (κ1) is 20.7. The number of nitrogens with one attached hydrogen (secondary N) is 2. The average molecular weight is 353 g/mol. The lowest BCUT2D eigenvalue weighted by Gasteiger charge is -2.24. The summed E-state index contributed by atoms with van der Waals surface area (Å²) < 4.78 is 18.1. The zero-order valence-electron chi connectivity index (χ0n) is 15.6. The number of carbonyl (C=O) groups excluding carboxylic acids is 2. The Labute approximate surface area is 148 Å². The minimum Gasteiger partial charge on any atom is -0.444 e. The van der Waals surface area contributed by atoms with Crippen LogP contribution in [0.2, 0.25) is 0 Å². The molecule has 0 aliphatic carbocycles. The molecule has 0 saturated heterocycles. The van der Waals surface area contributed by atoms with Crippen LogP contribution in [0.15, 0.2) is 24.3 Å². The molecule has 0 aromatic heterocycles. The van der Waals surface area contributed by atoms with Crippen molar-refractivity contribution in [1.82, 2.24) is 15.5 Å². The van der Waals surface area contributed by atoms with Crippen LogP contribution in [0.3, 0.4) is 0 Å². The van der Waals surface area contributed by atoms with Crippen LogP contribution in [0.25, 0.3) is 0 Å². The fraction of sp³-hybridized carbons (Fsp3) is 0.556. The molecular formula is C18H28FN3O3. The van der Waals surface area contributed by atoms with Crippen molar-refractivity contribution in [2.24, 2.45) is 0 Å². The van der Waals surface area contributed by atoms with Crippen molar-refractivity contribution in [2.75, 3.05) is 20.1 Å². The normalized spacial score (nSPS) is 12.2. The van der Waals surface area contributed by atoms with Crippen LogP contribution in [0.1, 0.15) is 45.7 Å². The van der Waals surface area contributed by atoms with Crippen molar-refractivity contribution < 1.29 is 18.7 Å². The van der Waals surface area contributed by atoms with Crippen molar-refractivity contribution >= 4 is 12.1 Å². The van der Waals surface area contributed by atoms with Gasteiger partial charge in [-0.3, -0.25) is 0 Å². The molecule has 0 spiro atoms. The Kier molecular flexibility index (Phi) is 7.67. The van der Waals surface area contributed by atoms with Crippen LogP contribution in [0.5, 0.6) is 0 Å². The zero-order chi connectivity index (χ0) is 19.0. The lowest BCUT2D eigenvalue weighted by molar-refractivity contribution is 0.0298. The number of urea groups is 1. The molecule has 25 heavy (non-hydrogen) atoms. The van der Waals surface area contributed by atoms with E-state index in [0.29, 0.717) is 19.5 Å². The van der Waals surface area contributed by atoms with E-state index in [9.17, 15) is 14.0 Å². The molecule has 0 aliphatic heterocycles. The molecule has 0 radical (unpaired) electrons. The van der Waals surface area contributed by atoms with E-state index in [1.165, 1.54) is 17.0 Å². The number of carbonyl (C=O) groups is 2. The van der Waals surface area contributed by atoms with Crippen molar-refractivity contribution in [2.45, 2.75) is 45.8 Å². The van der Waals surface area contributed by atoms with Gasteiger partial charge >= 0.3 is 12.1 Å². The average Bonchev–Trinajstić information content (AvgIpc) is 2.50. The lowest BCUT2D eigenvalue weighted by Crippen LogP contribution is -2.39. The van der Waals surface area contributed by atoms with Crippen molar-refractivity contribution in [3.63, 3.8) is 0 Å². The minimum atomic E-state index is -0.528. The largest absolute Gasteiger partial charge is 0.444 e. The van der Waals surface area contributed by atoms with E-state index in [-0.39, 0.29) is 24.0 Å². The Morgan fingerprint density at radius 2 is 1.84 bits per heavy atom. The maximum atomic E-state index is 12.9. The summed E-state index contributed by atoms with van der Waals surface area (Å²) in [5.74, 6) is -0.311. The molecule has 0 bridgehead atoms. The number of hydrogen-bond acceptors (Lipinski definition) is 3. The number of hydrogen-bond donors (Lipinski definition) is 2. The summed E-state index contributed by atoms with van der Waals surface area (Å²) in [5.41, 5.74) is 0.293. The number of benzene rings is 1. The van der Waals surface area contributed by atoms with Gasteiger partial charge in [-0.2, -0.15) is 0 Å². The number of amides is 3. The van der Waals surface area contributed by atoms with E-state index < -0.39 is 5.60 Å². The van der Waals surface area contributed by atoms with E-state index in [2.05, 4.69) is 10.6 Å². The van der Waals surface area contributed by atoms with Gasteiger partial charge < -0.3 is 20.3 Å². The Bertz CT molecular complexity index is 570. The molecular weight excluding hydrogens is 325 g/mol. The monoisotopic (exact) mass is 353 g/mol. The molecule has 7 heteroatoms. The summed E-state index contributed by atoms with van der Waals surface area (Å²) in [6, 6.07) is 5.45. The number of rotatable bonds is 6. The zero-order valence-corrected chi connectivity index (χ0v) is 15.6. The van der Waals surface area contributed by atoms with E-state index in [1.807, 2.05) is 27.7 Å². The van der Waals surface area contributed by atoms with Gasteiger partial charge in [-0.1, -0.05) is 12.1 Å². The third-order valence-corrected chi connectivity index (χ3v) is 3.38. The summed E-state index contributed by atoms with van der Waals surface area (Å²) in [6.07, 6.45) is 0.218. The first-order valence-corrected chi connectivity index (χ1v) is 8.32. The Morgan fingerprint density at radius 1 is 1.24 bits per heavy atom. The standard InChI is InChI=1S/C18H28FN3O3/c1-13(14-7-9-15(19)10-8-14)21-16(23)20-11-6-12-22(5)17(24)25-18(2,3)4/h7-10,13H,6,11-12H2,1-5H3,(H2,20,21,23). The van der Waals surface area contributed by atoms with Crippen LogP contribution in [0, 0.1) is 5.82 Å². The molecule has 3 amide bonds. The van der Waals surface area contributed by atoms with E-state index in [0.717, 1.165) is 5.56 Å². The Balaban J connectivity index is 2.26. The molecule has 0 fully saturated rings. The topological polar surface area (TPSA) is 70.7 Å². The van der Waals surface area contributed by atoms with Crippen molar-refractivity contribution in [1.29, 1.82) is 0 Å². The SMILES string of the molecule is CC(NC(=O)NCCCN(C)C(=O)OC(C)(C)C)c1ccc(F)cc1. The molecule has 0 aliphatic rings. The molecule has 1 atom stereocenters. The van der Waals surface area contributed by atoms with Gasteiger partial charge in [0.2, 0.25) is 0 Å². The molecule has 1 rings (SSSR count). The second-order valence-electron chi connectivity index (χ2n) is 6.93. The van der Waals surface area contributed by atoms with Crippen LogP contribution < -0.4 is 10.6 Å². The predicted octanol–water partition coefficient (Wildman–Crippen LogP) is 3.44. The second-order valence-corrected chi connectivity index (χ2v) is 6.93. The maximum Gasteiger partial charge on any atom is 0.410 e. The van der Waals surface area contributed by atoms with Crippen LogP contribution >= 0.6 is 0 Å². The highest BCUT2D eigenvalue weighted by Crippen LogP contribution is 2.12. The lowest BCUT2D eigenvalue weighted by atomic mass is 10.1. The highest BCUT2D eigenvalue weighted by atomic mass is 19.1. The summed E-state index contributed by atoms with van der Waals surface area (Å²) in [6.45, 7) is 8.16. The first-order valence-electron chi connectivity index (χ1n) is 8.32. The number of halogens is 1. The van der Waals surface area contributed by atoms with Crippen LogP contribution in [0.4, 0.5) is 14.0 Å². The minimum absolute atomic E-state index is 0.231. The Hall–Kier alpha value is -2.31. The third kappa shape index (κ3) is 8.37. The molecule has 140 valence electrons.